The Balaban J connectivity index is 2.24. The van der Waals surface area contributed by atoms with Crippen LogP contribution in [0.4, 0.5) is 0 Å². The lowest BCUT2D eigenvalue weighted by molar-refractivity contribution is -0.138. The van der Waals surface area contributed by atoms with Gasteiger partial charge in [0.1, 0.15) is 0 Å². The van der Waals surface area contributed by atoms with Crippen molar-refractivity contribution >= 4 is 5.97 Å². The molecule has 1 rings (SSSR count). The van der Waals surface area contributed by atoms with Crippen molar-refractivity contribution in [2.45, 2.75) is 26.2 Å². The van der Waals surface area contributed by atoms with Gasteiger partial charge in [-0.2, -0.15) is 0 Å². The molecule has 0 aliphatic carbocycles. The standard InChI is InChI=1S/C11H19NO2/c1-9(2)8-12-5-3-10(4-6-12)7-11(13)14/h10H,1,3-8H2,2H3,(H,13,14). The topological polar surface area (TPSA) is 40.5 Å². The molecule has 0 radical (unpaired) electrons. The maximum absolute atomic E-state index is 10.5. The van der Waals surface area contributed by atoms with Crippen molar-refractivity contribution in [2.24, 2.45) is 5.92 Å². The van der Waals surface area contributed by atoms with E-state index in [4.69, 9.17) is 5.11 Å². The van der Waals surface area contributed by atoms with Gasteiger partial charge in [-0.3, -0.25) is 9.69 Å². The van der Waals surface area contributed by atoms with Gasteiger partial charge in [0.05, 0.1) is 0 Å². The summed E-state index contributed by atoms with van der Waals surface area (Å²) >= 11 is 0. The second-order valence-electron chi connectivity index (χ2n) is 4.27. The number of nitrogens with zero attached hydrogens (tertiary/aromatic N) is 1. The fraction of sp³-hybridized carbons (Fsp3) is 0.727. The predicted molar refractivity (Wildman–Crippen MR) is 56.2 cm³/mol. The van der Waals surface area contributed by atoms with Gasteiger partial charge in [0, 0.05) is 13.0 Å². The van der Waals surface area contributed by atoms with E-state index >= 15 is 0 Å². The van der Waals surface area contributed by atoms with Crippen LogP contribution in [0.25, 0.3) is 0 Å². The molecule has 0 bridgehead atoms. The molecule has 3 heteroatoms. The summed E-state index contributed by atoms with van der Waals surface area (Å²) in [6.45, 7) is 8.91. The molecular weight excluding hydrogens is 178 g/mol. The molecule has 1 N–H and O–H groups in total. The molecule has 0 aromatic rings. The highest BCUT2D eigenvalue weighted by Crippen LogP contribution is 2.20. The van der Waals surface area contributed by atoms with Crippen LogP contribution < -0.4 is 0 Å². The van der Waals surface area contributed by atoms with E-state index in [0.717, 1.165) is 32.5 Å². The Bertz CT molecular complexity index is 193. The zero-order valence-corrected chi connectivity index (χ0v) is 8.83. The molecule has 0 unspecified atom stereocenters. The quantitative estimate of drug-likeness (QED) is 0.698. The third-order valence-corrected chi connectivity index (χ3v) is 2.66. The predicted octanol–water partition coefficient (Wildman–Crippen LogP) is 1.75. The van der Waals surface area contributed by atoms with E-state index in [1.807, 2.05) is 6.92 Å². The number of aliphatic carboxylic acids is 1. The zero-order valence-electron chi connectivity index (χ0n) is 8.83. The molecule has 1 heterocycles. The van der Waals surface area contributed by atoms with E-state index in [9.17, 15) is 4.79 Å². The molecule has 0 saturated carbocycles. The van der Waals surface area contributed by atoms with Gasteiger partial charge < -0.3 is 5.11 Å². The van der Waals surface area contributed by atoms with Crippen LogP contribution in [0.1, 0.15) is 26.2 Å². The summed E-state index contributed by atoms with van der Waals surface area (Å²) < 4.78 is 0. The molecule has 1 fully saturated rings. The Morgan fingerprint density at radius 3 is 2.50 bits per heavy atom. The summed E-state index contributed by atoms with van der Waals surface area (Å²) in [6.07, 6.45) is 2.36. The van der Waals surface area contributed by atoms with E-state index < -0.39 is 5.97 Å². The fourth-order valence-corrected chi connectivity index (χ4v) is 1.98. The summed E-state index contributed by atoms with van der Waals surface area (Å²) in [7, 11) is 0. The van der Waals surface area contributed by atoms with Crippen molar-refractivity contribution in [3.8, 4) is 0 Å². The number of carboxylic acid groups (broad SMARTS) is 1. The van der Waals surface area contributed by atoms with Crippen LogP contribution in [0, 0.1) is 5.92 Å². The van der Waals surface area contributed by atoms with E-state index in [0.29, 0.717) is 12.3 Å². The van der Waals surface area contributed by atoms with Crippen LogP contribution in [0.3, 0.4) is 0 Å². The smallest absolute Gasteiger partial charge is 0.303 e. The molecular formula is C11H19NO2. The average molecular weight is 197 g/mol. The Morgan fingerprint density at radius 2 is 2.07 bits per heavy atom. The van der Waals surface area contributed by atoms with Crippen LogP contribution >= 0.6 is 0 Å². The van der Waals surface area contributed by atoms with Gasteiger partial charge in [-0.1, -0.05) is 12.2 Å². The second-order valence-corrected chi connectivity index (χ2v) is 4.27. The highest BCUT2D eigenvalue weighted by atomic mass is 16.4. The van der Waals surface area contributed by atoms with Crippen LogP contribution in [-0.2, 0) is 4.79 Å². The highest BCUT2D eigenvalue weighted by Gasteiger charge is 2.20. The number of carboxylic acids is 1. The molecule has 1 aliphatic heterocycles. The van der Waals surface area contributed by atoms with E-state index in [1.165, 1.54) is 5.57 Å². The number of hydrogen-bond acceptors (Lipinski definition) is 2. The number of rotatable bonds is 4. The number of likely N-dealkylation sites (tertiary alicyclic amines) is 1. The minimum Gasteiger partial charge on any atom is -0.481 e. The lowest BCUT2D eigenvalue weighted by Gasteiger charge is -2.31. The lowest BCUT2D eigenvalue weighted by atomic mass is 9.93. The van der Waals surface area contributed by atoms with Crippen molar-refractivity contribution in [3.63, 3.8) is 0 Å². The summed E-state index contributed by atoms with van der Waals surface area (Å²) in [6, 6.07) is 0. The van der Waals surface area contributed by atoms with Gasteiger partial charge in [-0.15, -0.1) is 0 Å². The van der Waals surface area contributed by atoms with Crippen molar-refractivity contribution in [3.05, 3.63) is 12.2 Å². The summed E-state index contributed by atoms with van der Waals surface area (Å²) in [5, 5.41) is 8.65. The first kappa shape index (κ1) is 11.2. The third-order valence-electron chi connectivity index (χ3n) is 2.66. The van der Waals surface area contributed by atoms with E-state index in [1.54, 1.807) is 0 Å². The molecule has 0 aromatic heterocycles. The Labute approximate surface area is 85.4 Å². The van der Waals surface area contributed by atoms with Gasteiger partial charge in [0.25, 0.3) is 0 Å². The molecule has 0 atom stereocenters. The first-order valence-electron chi connectivity index (χ1n) is 5.16. The van der Waals surface area contributed by atoms with Crippen LogP contribution in [0.5, 0.6) is 0 Å². The van der Waals surface area contributed by atoms with Gasteiger partial charge in [-0.25, -0.2) is 0 Å². The lowest BCUT2D eigenvalue weighted by Crippen LogP contribution is -2.35. The maximum atomic E-state index is 10.5. The zero-order chi connectivity index (χ0) is 10.6. The number of carbonyl (C=O) groups is 1. The van der Waals surface area contributed by atoms with Crippen molar-refractivity contribution in [2.75, 3.05) is 19.6 Å². The molecule has 1 aliphatic rings. The Kier molecular flexibility index (Phi) is 4.14. The van der Waals surface area contributed by atoms with Crippen molar-refractivity contribution in [1.29, 1.82) is 0 Å². The molecule has 80 valence electrons. The molecule has 3 nitrogen and oxygen atoms in total. The SMILES string of the molecule is C=C(C)CN1CCC(CC(=O)O)CC1. The molecule has 0 spiro atoms. The molecule has 14 heavy (non-hydrogen) atoms. The Morgan fingerprint density at radius 1 is 1.50 bits per heavy atom. The molecule has 1 saturated heterocycles. The maximum Gasteiger partial charge on any atom is 0.303 e. The average Bonchev–Trinajstić information content (AvgIpc) is 2.06. The monoisotopic (exact) mass is 197 g/mol. The molecule has 0 amide bonds. The van der Waals surface area contributed by atoms with Crippen LogP contribution in [0.2, 0.25) is 0 Å². The first-order valence-corrected chi connectivity index (χ1v) is 5.16. The van der Waals surface area contributed by atoms with Gasteiger partial charge in [-0.05, 0) is 38.8 Å². The van der Waals surface area contributed by atoms with Crippen molar-refractivity contribution in [1.82, 2.24) is 4.90 Å². The Hall–Kier alpha value is -0.830. The highest BCUT2D eigenvalue weighted by molar-refractivity contribution is 5.67. The van der Waals surface area contributed by atoms with Gasteiger partial charge in [0.2, 0.25) is 0 Å². The van der Waals surface area contributed by atoms with Gasteiger partial charge >= 0.3 is 5.97 Å². The largest absolute Gasteiger partial charge is 0.481 e. The van der Waals surface area contributed by atoms with Crippen LogP contribution in [0.15, 0.2) is 12.2 Å². The molecule has 0 aromatic carbocycles. The summed E-state index contributed by atoms with van der Waals surface area (Å²) in [5.74, 6) is -0.280. The summed E-state index contributed by atoms with van der Waals surface area (Å²) in [4.78, 5) is 12.8. The normalized spacial score (nSPS) is 19.5. The van der Waals surface area contributed by atoms with Crippen LogP contribution in [-0.4, -0.2) is 35.6 Å². The van der Waals surface area contributed by atoms with Gasteiger partial charge in [0.15, 0.2) is 0 Å². The first-order chi connectivity index (χ1) is 6.58. The van der Waals surface area contributed by atoms with E-state index in [2.05, 4.69) is 11.5 Å². The third kappa shape index (κ3) is 3.92. The van der Waals surface area contributed by atoms with Crippen molar-refractivity contribution < 1.29 is 9.90 Å². The second kappa shape index (κ2) is 5.15. The number of piperidine rings is 1. The summed E-state index contributed by atoms with van der Waals surface area (Å²) in [5.41, 5.74) is 1.18. The number of hydrogen-bond donors (Lipinski definition) is 1. The minimum absolute atomic E-state index is 0.334. The minimum atomic E-state index is -0.664. The van der Waals surface area contributed by atoms with E-state index in [-0.39, 0.29) is 0 Å². The fourth-order valence-electron chi connectivity index (χ4n) is 1.98.